The zero-order valence-electron chi connectivity index (χ0n) is 13.4. The highest BCUT2D eigenvalue weighted by Gasteiger charge is 2.26. The van der Waals surface area contributed by atoms with E-state index < -0.39 is 4.92 Å². The Morgan fingerprint density at radius 2 is 1.96 bits per heavy atom. The van der Waals surface area contributed by atoms with Gasteiger partial charge in [0.1, 0.15) is 11.9 Å². The molecule has 0 aliphatic carbocycles. The topological polar surface area (TPSA) is 72.7 Å². The number of para-hydroxylation sites is 1. The number of benzene rings is 2. The molecule has 0 saturated carbocycles. The van der Waals surface area contributed by atoms with E-state index >= 15 is 0 Å². The van der Waals surface area contributed by atoms with E-state index in [-0.39, 0.29) is 29.9 Å². The van der Waals surface area contributed by atoms with Gasteiger partial charge in [-0.05, 0) is 17.7 Å². The Labute approximate surface area is 144 Å². The van der Waals surface area contributed by atoms with Crippen molar-refractivity contribution in [2.75, 3.05) is 19.7 Å². The van der Waals surface area contributed by atoms with Crippen LogP contribution in [0.2, 0.25) is 0 Å². The van der Waals surface area contributed by atoms with Crippen LogP contribution in [0.1, 0.15) is 17.2 Å². The molecular formula is C18H17FN2O4. The predicted molar refractivity (Wildman–Crippen MR) is 88.5 cm³/mol. The van der Waals surface area contributed by atoms with Crippen LogP contribution >= 0.6 is 0 Å². The van der Waals surface area contributed by atoms with E-state index in [0.29, 0.717) is 25.3 Å². The number of ether oxygens (including phenoxy) is 1. The van der Waals surface area contributed by atoms with Gasteiger partial charge in [-0.25, -0.2) is 4.39 Å². The van der Waals surface area contributed by atoms with Gasteiger partial charge in [-0.15, -0.1) is 0 Å². The maximum Gasteiger partial charge on any atom is 0.273 e. The Bertz CT molecular complexity index is 779. The molecule has 130 valence electrons. The molecule has 3 rings (SSSR count). The fourth-order valence-corrected chi connectivity index (χ4v) is 2.87. The quantitative estimate of drug-likeness (QED) is 0.631. The molecule has 2 aromatic carbocycles. The second-order valence-electron chi connectivity index (χ2n) is 5.81. The Balaban J connectivity index is 1.70. The third-order valence-electron chi connectivity index (χ3n) is 4.19. The molecule has 0 N–H and O–H groups in total. The molecule has 0 spiro atoms. The van der Waals surface area contributed by atoms with Gasteiger partial charge < -0.3 is 9.64 Å². The van der Waals surface area contributed by atoms with Gasteiger partial charge in [0.15, 0.2) is 0 Å². The number of amides is 1. The number of hydrogen-bond donors (Lipinski definition) is 0. The molecule has 25 heavy (non-hydrogen) atoms. The highest BCUT2D eigenvalue weighted by atomic mass is 19.1. The van der Waals surface area contributed by atoms with E-state index in [1.165, 1.54) is 18.2 Å². The van der Waals surface area contributed by atoms with E-state index in [0.717, 1.165) is 5.56 Å². The van der Waals surface area contributed by atoms with E-state index in [1.54, 1.807) is 35.2 Å². The molecule has 0 bridgehead atoms. The molecule has 7 heteroatoms. The number of morpholine rings is 1. The molecule has 2 aromatic rings. The minimum atomic E-state index is -0.483. The number of carbonyl (C=O) groups is 1. The fourth-order valence-electron chi connectivity index (χ4n) is 2.87. The minimum absolute atomic E-state index is 0.0344. The van der Waals surface area contributed by atoms with Gasteiger partial charge in [0.05, 0.1) is 24.5 Å². The number of rotatable bonds is 4. The Hall–Kier alpha value is -2.80. The lowest BCUT2D eigenvalue weighted by Gasteiger charge is -2.33. The second kappa shape index (κ2) is 7.40. The van der Waals surface area contributed by atoms with Gasteiger partial charge in [-0.1, -0.05) is 30.3 Å². The number of nitro benzene ring substituents is 1. The maximum absolute atomic E-state index is 13.0. The number of nitrogens with zero attached hydrogens (tertiary/aromatic N) is 2. The van der Waals surface area contributed by atoms with E-state index in [4.69, 9.17) is 4.74 Å². The number of carbonyl (C=O) groups excluding carboxylic acids is 1. The molecule has 0 radical (unpaired) electrons. The lowest BCUT2D eigenvalue weighted by molar-refractivity contribution is -0.385. The van der Waals surface area contributed by atoms with E-state index in [9.17, 15) is 19.3 Å². The monoisotopic (exact) mass is 344 g/mol. The Kier molecular flexibility index (Phi) is 5.04. The molecule has 1 aliphatic rings. The van der Waals surface area contributed by atoms with Crippen molar-refractivity contribution in [3.8, 4) is 0 Å². The van der Waals surface area contributed by atoms with Gasteiger partial charge in [-0.2, -0.15) is 0 Å². The normalized spacial score (nSPS) is 17.3. The molecule has 1 aliphatic heterocycles. The first-order chi connectivity index (χ1) is 12.0. The second-order valence-corrected chi connectivity index (χ2v) is 5.81. The van der Waals surface area contributed by atoms with Crippen molar-refractivity contribution in [3.63, 3.8) is 0 Å². The standard InChI is InChI=1S/C18H17FN2O4/c19-15-7-5-13(6-8-15)17-12-20(9-10-25-17)18(22)11-14-3-1-2-4-16(14)21(23)24/h1-8,17H,9-12H2. The van der Waals surface area contributed by atoms with Gasteiger partial charge in [-0.3, -0.25) is 14.9 Å². The van der Waals surface area contributed by atoms with E-state index in [1.807, 2.05) is 0 Å². The molecule has 6 nitrogen and oxygen atoms in total. The molecule has 1 atom stereocenters. The maximum atomic E-state index is 13.0. The summed E-state index contributed by atoms with van der Waals surface area (Å²) in [5.41, 5.74) is 1.13. The average Bonchev–Trinajstić information content (AvgIpc) is 2.62. The number of hydrogen-bond acceptors (Lipinski definition) is 4. The highest BCUT2D eigenvalue weighted by molar-refractivity contribution is 5.80. The Morgan fingerprint density at radius 3 is 2.68 bits per heavy atom. The van der Waals surface area contributed by atoms with Crippen molar-refractivity contribution >= 4 is 11.6 Å². The lowest BCUT2D eigenvalue weighted by atomic mass is 10.1. The van der Waals surface area contributed by atoms with Crippen LogP contribution in [0.5, 0.6) is 0 Å². The molecule has 1 heterocycles. The summed E-state index contributed by atoms with van der Waals surface area (Å²) in [6.45, 7) is 1.13. The third kappa shape index (κ3) is 4.00. The van der Waals surface area contributed by atoms with Crippen LogP contribution in [0.15, 0.2) is 48.5 Å². The summed E-state index contributed by atoms with van der Waals surface area (Å²) < 4.78 is 18.7. The van der Waals surface area contributed by atoms with E-state index in [2.05, 4.69) is 0 Å². The summed E-state index contributed by atoms with van der Waals surface area (Å²) in [4.78, 5) is 24.8. The smallest absolute Gasteiger partial charge is 0.273 e. The zero-order chi connectivity index (χ0) is 17.8. The SMILES string of the molecule is O=C(Cc1ccccc1[N+](=O)[O-])N1CCOC(c2ccc(F)cc2)C1. The molecule has 1 fully saturated rings. The average molecular weight is 344 g/mol. The van der Waals surface area contributed by atoms with Gasteiger partial charge in [0.25, 0.3) is 5.69 Å². The molecule has 1 saturated heterocycles. The molecule has 1 amide bonds. The van der Waals surface area contributed by atoms with Crippen LogP contribution in [0.3, 0.4) is 0 Å². The number of nitro groups is 1. The first-order valence-electron chi connectivity index (χ1n) is 7.92. The third-order valence-corrected chi connectivity index (χ3v) is 4.19. The van der Waals surface area contributed by atoms with Crippen LogP contribution < -0.4 is 0 Å². The van der Waals surface area contributed by atoms with Crippen molar-refractivity contribution in [1.29, 1.82) is 0 Å². The van der Waals surface area contributed by atoms with Crippen LogP contribution in [0.25, 0.3) is 0 Å². The fraction of sp³-hybridized carbons (Fsp3) is 0.278. The molecule has 0 aromatic heterocycles. The van der Waals surface area contributed by atoms with Crippen molar-refractivity contribution in [1.82, 2.24) is 4.90 Å². The van der Waals surface area contributed by atoms with Crippen molar-refractivity contribution in [2.45, 2.75) is 12.5 Å². The summed E-state index contributed by atoms with van der Waals surface area (Å²) in [7, 11) is 0. The minimum Gasteiger partial charge on any atom is -0.370 e. The van der Waals surface area contributed by atoms with Crippen LogP contribution in [-0.4, -0.2) is 35.4 Å². The lowest BCUT2D eigenvalue weighted by Crippen LogP contribution is -2.43. The zero-order valence-corrected chi connectivity index (χ0v) is 13.4. The molecule has 1 unspecified atom stereocenters. The van der Waals surface area contributed by atoms with Crippen LogP contribution in [0, 0.1) is 15.9 Å². The first kappa shape index (κ1) is 17.0. The van der Waals surface area contributed by atoms with Gasteiger partial charge in [0.2, 0.25) is 5.91 Å². The van der Waals surface area contributed by atoms with Crippen LogP contribution in [-0.2, 0) is 16.0 Å². The summed E-state index contributed by atoms with van der Waals surface area (Å²) in [5.74, 6) is -0.520. The van der Waals surface area contributed by atoms with Crippen molar-refractivity contribution < 1.29 is 18.8 Å². The summed E-state index contributed by atoms with van der Waals surface area (Å²) in [6.07, 6.45) is -0.364. The summed E-state index contributed by atoms with van der Waals surface area (Å²) in [6, 6.07) is 12.2. The van der Waals surface area contributed by atoms with Crippen LogP contribution in [0.4, 0.5) is 10.1 Å². The highest BCUT2D eigenvalue weighted by Crippen LogP contribution is 2.24. The van der Waals surface area contributed by atoms with Gasteiger partial charge >= 0.3 is 0 Å². The summed E-state index contributed by atoms with van der Waals surface area (Å²) in [5, 5.41) is 11.1. The largest absolute Gasteiger partial charge is 0.370 e. The molecular weight excluding hydrogens is 327 g/mol. The summed E-state index contributed by atoms with van der Waals surface area (Å²) >= 11 is 0. The van der Waals surface area contributed by atoms with Crippen molar-refractivity contribution in [3.05, 3.63) is 75.6 Å². The van der Waals surface area contributed by atoms with Gasteiger partial charge in [0, 0.05) is 18.2 Å². The Morgan fingerprint density at radius 1 is 1.24 bits per heavy atom. The predicted octanol–water partition coefficient (Wildman–Crippen LogP) is 2.88. The first-order valence-corrected chi connectivity index (χ1v) is 7.92. The number of halogens is 1. The van der Waals surface area contributed by atoms with Crippen molar-refractivity contribution in [2.24, 2.45) is 0 Å².